The smallest absolute Gasteiger partial charge is 0.314 e. The number of rotatable bonds is 6. The molecular formula is C22H15ClN4O7S. The van der Waals surface area contributed by atoms with Gasteiger partial charge in [-0.3, -0.25) is 14.7 Å². The summed E-state index contributed by atoms with van der Waals surface area (Å²) in [6.45, 7) is 0. The number of hydrogen-bond donors (Lipinski definition) is 4. The van der Waals surface area contributed by atoms with Gasteiger partial charge in [-0.15, -0.1) is 10.2 Å². The molecule has 0 bridgehead atoms. The fourth-order valence-corrected chi connectivity index (χ4v) is 4.23. The van der Waals surface area contributed by atoms with Gasteiger partial charge in [0.25, 0.3) is 10.1 Å². The normalized spacial score (nSPS) is 11.7. The zero-order valence-corrected chi connectivity index (χ0v) is 19.0. The van der Waals surface area contributed by atoms with Crippen molar-refractivity contribution in [3.8, 4) is 11.5 Å². The number of phenolic OH excluding ortho intramolecular Hbond substituents is 2. The monoisotopic (exact) mass is 514 g/mol. The molecule has 13 heteroatoms. The number of azo groups is 1. The van der Waals surface area contributed by atoms with E-state index in [1.54, 1.807) is 18.2 Å². The van der Waals surface area contributed by atoms with Crippen molar-refractivity contribution in [2.45, 2.75) is 4.90 Å². The lowest BCUT2D eigenvalue weighted by Crippen LogP contribution is -2.00. The summed E-state index contributed by atoms with van der Waals surface area (Å²) in [5.74, 6) is -1.30. The summed E-state index contributed by atoms with van der Waals surface area (Å²) in [7, 11) is -4.77. The van der Waals surface area contributed by atoms with Crippen LogP contribution in [0.4, 0.5) is 28.4 Å². The highest BCUT2D eigenvalue weighted by Crippen LogP contribution is 2.43. The maximum Gasteiger partial charge on any atom is 0.314 e. The highest BCUT2D eigenvalue weighted by atomic mass is 35.5. The Morgan fingerprint density at radius 1 is 0.857 bits per heavy atom. The zero-order valence-electron chi connectivity index (χ0n) is 17.5. The number of nitrogens with one attached hydrogen (secondary N) is 1. The standard InChI is InChI=1S/C22H15ClN4O7S/c23-12-8-17(22(29)19(9-12)27(30)31)25-26-18-11-20(35(32,33)34)16-10-14(6-7-15(16)21(18)28)24-13-4-2-1-3-5-13/h1-11,24,28-29H,(H,32,33,34). The lowest BCUT2D eigenvalue weighted by Gasteiger charge is -2.12. The van der Waals surface area contributed by atoms with Gasteiger partial charge in [-0.2, -0.15) is 8.42 Å². The maximum absolute atomic E-state index is 12.1. The molecule has 35 heavy (non-hydrogen) atoms. The fourth-order valence-electron chi connectivity index (χ4n) is 3.31. The summed E-state index contributed by atoms with van der Waals surface area (Å²) in [6, 6.07) is 16.4. The Morgan fingerprint density at radius 2 is 1.51 bits per heavy atom. The zero-order chi connectivity index (χ0) is 25.3. The van der Waals surface area contributed by atoms with Crippen molar-refractivity contribution < 1.29 is 28.1 Å². The first-order chi connectivity index (χ1) is 16.5. The van der Waals surface area contributed by atoms with Gasteiger partial charge in [-0.25, -0.2) is 0 Å². The average molecular weight is 515 g/mol. The van der Waals surface area contributed by atoms with Gasteiger partial charge in [0.2, 0.25) is 5.75 Å². The number of phenols is 2. The summed E-state index contributed by atoms with van der Waals surface area (Å²) in [6.07, 6.45) is 0. The molecule has 0 saturated heterocycles. The number of hydrogen-bond acceptors (Lipinski definition) is 9. The van der Waals surface area contributed by atoms with Crippen LogP contribution >= 0.6 is 11.6 Å². The van der Waals surface area contributed by atoms with Crippen LogP contribution in [0.2, 0.25) is 5.02 Å². The molecule has 0 aliphatic rings. The maximum atomic E-state index is 12.1. The number of benzene rings is 4. The van der Waals surface area contributed by atoms with E-state index in [2.05, 4.69) is 15.5 Å². The highest BCUT2D eigenvalue weighted by Gasteiger charge is 2.22. The quantitative estimate of drug-likeness (QED) is 0.101. The Bertz CT molecular complexity index is 1610. The molecule has 0 heterocycles. The molecule has 0 aromatic heterocycles. The first kappa shape index (κ1) is 23.9. The number of anilines is 2. The largest absolute Gasteiger partial charge is 0.505 e. The van der Waals surface area contributed by atoms with Crippen LogP contribution < -0.4 is 5.32 Å². The number of aromatic hydroxyl groups is 2. The third kappa shape index (κ3) is 4.99. The molecule has 4 N–H and O–H groups in total. The van der Waals surface area contributed by atoms with E-state index in [0.717, 1.165) is 23.9 Å². The first-order valence-electron chi connectivity index (χ1n) is 9.72. The Morgan fingerprint density at radius 3 is 2.14 bits per heavy atom. The van der Waals surface area contributed by atoms with Crippen molar-refractivity contribution in [1.29, 1.82) is 0 Å². The number of nitro benzene ring substituents is 1. The molecular weight excluding hydrogens is 500 g/mol. The summed E-state index contributed by atoms with van der Waals surface area (Å²) < 4.78 is 34.1. The molecule has 0 radical (unpaired) electrons. The third-order valence-electron chi connectivity index (χ3n) is 4.89. The van der Waals surface area contributed by atoms with Gasteiger partial charge in [0, 0.05) is 33.2 Å². The third-order valence-corrected chi connectivity index (χ3v) is 6.00. The number of halogens is 1. The second kappa shape index (κ2) is 9.18. The lowest BCUT2D eigenvalue weighted by atomic mass is 10.1. The second-order valence-electron chi connectivity index (χ2n) is 7.22. The molecule has 0 amide bonds. The minimum absolute atomic E-state index is 0.00567. The summed E-state index contributed by atoms with van der Waals surface area (Å²) in [5.41, 5.74) is -0.273. The van der Waals surface area contributed by atoms with Gasteiger partial charge >= 0.3 is 5.69 Å². The minimum Gasteiger partial charge on any atom is -0.505 e. The van der Waals surface area contributed by atoms with E-state index in [4.69, 9.17) is 11.6 Å². The van der Waals surface area contributed by atoms with Crippen molar-refractivity contribution >= 4 is 60.9 Å². The molecule has 4 aromatic rings. The van der Waals surface area contributed by atoms with Crippen molar-refractivity contribution in [1.82, 2.24) is 0 Å². The second-order valence-corrected chi connectivity index (χ2v) is 9.05. The number of fused-ring (bicyclic) bond motifs is 1. The van der Waals surface area contributed by atoms with Crippen molar-refractivity contribution in [3.63, 3.8) is 0 Å². The van der Waals surface area contributed by atoms with Crippen LogP contribution in [0.1, 0.15) is 0 Å². The Balaban J connectivity index is 1.84. The summed E-state index contributed by atoms with van der Waals surface area (Å²) >= 11 is 5.83. The van der Waals surface area contributed by atoms with Crippen molar-refractivity contribution in [2.24, 2.45) is 10.2 Å². The number of nitrogens with zero attached hydrogens (tertiary/aromatic N) is 3. The van der Waals surface area contributed by atoms with Gasteiger partial charge in [-0.1, -0.05) is 29.8 Å². The van der Waals surface area contributed by atoms with Gasteiger partial charge in [0.05, 0.1) is 4.92 Å². The Hall–Kier alpha value is -4.26. The molecule has 11 nitrogen and oxygen atoms in total. The molecule has 0 spiro atoms. The van der Waals surface area contributed by atoms with E-state index in [1.807, 2.05) is 18.2 Å². The average Bonchev–Trinajstić information content (AvgIpc) is 2.80. The summed E-state index contributed by atoms with van der Waals surface area (Å²) in [5, 5.41) is 42.3. The Kier molecular flexibility index (Phi) is 6.26. The fraction of sp³-hybridized carbons (Fsp3) is 0. The van der Waals surface area contributed by atoms with Crippen molar-refractivity contribution in [2.75, 3.05) is 5.32 Å². The van der Waals surface area contributed by atoms with Crippen LogP contribution in [0.25, 0.3) is 10.8 Å². The summed E-state index contributed by atoms with van der Waals surface area (Å²) in [4.78, 5) is 9.65. The molecule has 0 atom stereocenters. The SMILES string of the molecule is O=[N+]([O-])c1cc(Cl)cc(N=Nc2cc(S(=O)(=O)O)c3cc(Nc4ccccc4)ccc3c2O)c1O. The van der Waals surface area contributed by atoms with Gasteiger partial charge in [-0.05, 0) is 42.5 Å². The molecule has 0 aliphatic carbocycles. The van der Waals surface area contributed by atoms with E-state index >= 15 is 0 Å². The molecule has 0 aliphatic heterocycles. The van der Waals surface area contributed by atoms with E-state index in [9.17, 15) is 33.3 Å². The topological polar surface area (TPSA) is 175 Å². The Labute approximate surface area is 202 Å². The molecule has 0 unspecified atom stereocenters. The number of para-hydroxylation sites is 1. The van der Waals surface area contributed by atoms with E-state index < -0.39 is 37.1 Å². The molecule has 4 aromatic carbocycles. The molecule has 4 rings (SSSR count). The van der Waals surface area contributed by atoms with E-state index in [1.165, 1.54) is 12.1 Å². The minimum atomic E-state index is -4.77. The van der Waals surface area contributed by atoms with Gasteiger partial charge < -0.3 is 15.5 Å². The number of nitro groups is 1. The highest BCUT2D eigenvalue weighted by molar-refractivity contribution is 7.86. The van der Waals surface area contributed by atoms with Crippen LogP contribution in [-0.4, -0.2) is 28.1 Å². The van der Waals surface area contributed by atoms with Crippen LogP contribution in [0, 0.1) is 10.1 Å². The first-order valence-corrected chi connectivity index (χ1v) is 11.5. The van der Waals surface area contributed by atoms with Crippen LogP contribution in [0.5, 0.6) is 11.5 Å². The van der Waals surface area contributed by atoms with Crippen LogP contribution in [-0.2, 0) is 10.1 Å². The molecule has 0 fully saturated rings. The predicted molar refractivity (Wildman–Crippen MR) is 129 cm³/mol. The molecule has 0 saturated carbocycles. The van der Waals surface area contributed by atoms with Crippen LogP contribution in [0.15, 0.2) is 81.9 Å². The molecule has 178 valence electrons. The van der Waals surface area contributed by atoms with Crippen molar-refractivity contribution in [3.05, 3.63) is 81.9 Å². The van der Waals surface area contributed by atoms with E-state index in [-0.39, 0.29) is 27.2 Å². The van der Waals surface area contributed by atoms with E-state index in [0.29, 0.717) is 5.69 Å². The van der Waals surface area contributed by atoms with Crippen LogP contribution in [0.3, 0.4) is 0 Å². The van der Waals surface area contributed by atoms with Gasteiger partial charge in [0.15, 0.2) is 5.75 Å². The van der Waals surface area contributed by atoms with Gasteiger partial charge in [0.1, 0.15) is 16.3 Å². The lowest BCUT2D eigenvalue weighted by molar-refractivity contribution is -0.385. The predicted octanol–water partition coefficient (Wildman–Crippen LogP) is 6.22.